The number of unbranched alkanes of at least 4 members (excludes halogenated alkanes) is 2. The minimum atomic E-state index is -0.168. The van der Waals surface area contributed by atoms with Crippen LogP contribution in [0.3, 0.4) is 0 Å². The Morgan fingerprint density at radius 1 is 0.800 bits per heavy atom. The van der Waals surface area contributed by atoms with Gasteiger partial charge in [-0.1, -0.05) is 80.4 Å². The molecular formula is C18H22O2. The van der Waals surface area contributed by atoms with E-state index >= 15 is 0 Å². The van der Waals surface area contributed by atoms with E-state index in [0.717, 1.165) is 17.5 Å². The van der Waals surface area contributed by atoms with E-state index in [-0.39, 0.29) is 6.10 Å². The Hall–Kier alpha value is -1.64. The van der Waals surface area contributed by atoms with Gasteiger partial charge in [0.05, 0.1) is 6.61 Å². The van der Waals surface area contributed by atoms with Crippen LogP contribution in [0.2, 0.25) is 0 Å². The summed E-state index contributed by atoms with van der Waals surface area (Å²) in [5.41, 5.74) is 2.21. The summed E-state index contributed by atoms with van der Waals surface area (Å²) in [6.45, 7) is 2.82. The Bertz CT molecular complexity index is 428. The fourth-order valence-corrected chi connectivity index (χ4v) is 2.09. The van der Waals surface area contributed by atoms with Gasteiger partial charge in [0.2, 0.25) is 0 Å². The molecule has 106 valence electrons. The van der Waals surface area contributed by atoms with Crippen LogP contribution < -0.4 is 0 Å². The highest BCUT2D eigenvalue weighted by Crippen LogP contribution is 2.25. The lowest BCUT2D eigenvalue weighted by molar-refractivity contribution is -0.318. The SMILES string of the molecule is CCCCCOOC(c1ccccc1)c1ccccc1. The molecule has 2 rings (SSSR count). The van der Waals surface area contributed by atoms with Crippen molar-refractivity contribution >= 4 is 0 Å². The van der Waals surface area contributed by atoms with Crippen LogP contribution in [0.4, 0.5) is 0 Å². The van der Waals surface area contributed by atoms with Crippen LogP contribution in [0.1, 0.15) is 43.4 Å². The highest BCUT2D eigenvalue weighted by molar-refractivity contribution is 5.29. The summed E-state index contributed by atoms with van der Waals surface area (Å²) in [5.74, 6) is 0. The summed E-state index contributed by atoms with van der Waals surface area (Å²) in [4.78, 5) is 11.1. The Balaban J connectivity index is 2.02. The molecule has 0 heterocycles. The predicted octanol–water partition coefficient (Wildman–Crippen LogP) is 4.91. The molecule has 0 amide bonds. The zero-order chi connectivity index (χ0) is 14.0. The normalized spacial score (nSPS) is 10.9. The van der Waals surface area contributed by atoms with E-state index in [1.807, 2.05) is 36.4 Å². The van der Waals surface area contributed by atoms with Crippen molar-refractivity contribution in [2.24, 2.45) is 0 Å². The summed E-state index contributed by atoms with van der Waals surface area (Å²) < 4.78 is 0. The van der Waals surface area contributed by atoms with Crippen molar-refractivity contribution < 1.29 is 9.78 Å². The predicted molar refractivity (Wildman–Crippen MR) is 81.3 cm³/mol. The molecule has 0 aliphatic rings. The third kappa shape index (κ3) is 4.48. The van der Waals surface area contributed by atoms with E-state index in [1.165, 1.54) is 12.8 Å². The molecule has 2 aromatic rings. The lowest BCUT2D eigenvalue weighted by Gasteiger charge is -2.17. The maximum atomic E-state index is 5.66. The van der Waals surface area contributed by atoms with Gasteiger partial charge in [-0.3, -0.25) is 0 Å². The molecule has 0 atom stereocenters. The average Bonchev–Trinajstić information content (AvgIpc) is 2.53. The zero-order valence-corrected chi connectivity index (χ0v) is 12.0. The van der Waals surface area contributed by atoms with Gasteiger partial charge in [0, 0.05) is 0 Å². The molecule has 0 fully saturated rings. The van der Waals surface area contributed by atoms with Gasteiger partial charge in [-0.2, -0.15) is 0 Å². The average molecular weight is 270 g/mol. The highest BCUT2D eigenvalue weighted by atomic mass is 17.2. The second kappa shape index (κ2) is 8.51. The minimum Gasteiger partial charge on any atom is -0.236 e. The summed E-state index contributed by atoms with van der Waals surface area (Å²) in [7, 11) is 0. The van der Waals surface area contributed by atoms with Crippen molar-refractivity contribution in [3.8, 4) is 0 Å². The maximum absolute atomic E-state index is 5.66. The first-order valence-electron chi connectivity index (χ1n) is 7.30. The van der Waals surface area contributed by atoms with Crippen molar-refractivity contribution in [3.05, 3.63) is 71.8 Å². The van der Waals surface area contributed by atoms with E-state index in [4.69, 9.17) is 9.78 Å². The number of rotatable bonds is 8. The van der Waals surface area contributed by atoms with Gasteiger partial charge < -0.3 is 0 Å². The number of hydrogen-bond donors (Lipinski definition) is 0. The Morgan fingerprint density at radius 2 is 1.35 bits per heavy atom. The summed E-state index contributed by atoms with van der Waals surface area (Å²) >= 11 is 0. The molecule has 2 aromatic carbocycles. The van der Waals surface area contributed by atoms with Gasteiger partial charge in [0.15, 0.2) is 0 Å². The molecule has 0 bridgehead atoms. The highest BCUT2D eigenvalue weighted by Gasteiger charge is 2.15. The Morgan fingerprint density at radius 3 is 1.85 bits per heavy atom. The van der Waals surface area contributed by atoms with Gasteiger partial charge in [0.25, 0.3) is 0 Å². The van der Waals surface area contributed by atoms with Crippen LogP contribution in [-0.4, -0.2) is 6.61 Å². The maximum Gasteiger partial charge on any atom is 0.143 e. The van der Waals surface area contributed by atoms with Crippen LogP contribution in [-0.2, 0) is 9.78 Å². The summed E-state index contributed by atoms with van der Waals surface area (Å²) in [6, 6.07) is 20.3. The molecule has 0 N–H and O–H groups in total. The van der Waals surface area contributed by atoms with E-state index in [9.17, 15) is 0 Å². The van der Waals surface area contributed by atoms with Crippen LogP contribution in [0.15, 0.2) is 60.7 Å². The van der Waals surface area contributed by atoms with Gasteiger partial charge in [-0.25, -0.2) is 9.78 Å². The fourth-order valence-electron chi connectivity index (χ4n) is 2.09. The quantitative estimate of drug-likeness (QED) is 0.385. The molecule has 0 aliphatic carbocycles. The molecule has 2 nitrogen and oxygen atoms in total. The molecule has 0 aliphatic heterocycles. The van der Waals surface area contributed by atoms with Crippen molar-refractivity contribution in [1.29, 1.82) is 0 Å². The third-order valence-corrected chi connectivity index (χ3v) is 3.20. The third-order valence-electron chi connectivity index (χ3n) is 3.20. The van der Waals surface area contributed by atoms with Crippen molar-refractivity contribution in [1.82, 2.24) is 0 Å². The van der Waals surface area contributed by atoms with Crippen LogP contribution >= 0.6 is 0 Å². The Labute approximate surface area is 121 Å². The van der Waals surface area contributed by atoms with Crippen LogP contribution in [0.5, 0.6) is 0 Å². The Kier molecular flexibility index (Phi) is 6.28. The molecule has 2 heteroatoms. The second-order valence-corrected chi connectivity index (χ2v) is 4.83. The van der Waals surface area contributed by atoms with Gasteiger partial charge in [-0.15, -0.1) is 0 Å². The largest absolute Gasteiger partial charge is 0.236 e. The first kappa shape index (κ1) is 14.8. The fraction of sp³-hybridized carbons (Fsp3) is 0.333. The molecule has 0 spiro atoms. The monoisotopic (exact) mass is 270 g/mol. The van der Waals surface area contributed by atoms with Gasteiger partial charge in [0.1, 0.15) is 6.10 Å². The van der Waals surface area contributed by atoms with Crippen molar-refractivity contribution in [2.45, 2.75) is 32.3 Å². The minimum absolute atomic E-state index is 0.168. The molecule has 0 radical (unpaired) electrons. The van der Waals surface area contributed by atoms with Crippen molar-refractivity contribution in [2.75, 3.05) is 6.61 Å². The summed E-state index contributed by atoms with van der Waals surface area (Å²) in [6.07, 6.45) is 3.22. The van der Waals surface area contributed by atoms with E-state index < -0.39 is 0 Å². The van der Waals surface area contributed by atoms with Crippen LogP contribution in [0.25, 0.3) is 0 Å². The van der Waals surface area contributed by atoms with Crippen LogP contribution in [0, 0.1) is 0 Å². The smallest absolute Gasteiger partial charge is 0.143 e. The van der Waals surface area contributed by atoms with E-state index in [2.05, 4.69) is 31.2 Å². The van der Waals surface area contributed by atoms with Gasteiger partial charge >= 0.3 is 0 Å². The lowest BCUT2D eigenvalue weighted by Crippen LogP contribution is -2.07. The topological polar surface area (TPSA) is 18.5 Å². The standard InChI is InChI=1S/C18H22O2/c1-2-3-10-15-19-20-18(16-11-6-4-7-12-16)17-13-8-5-9-14-17/h4-9,11-14,18H,2-3,10,15H2,1H3. The molecule has 20 heavy (non-hydrogen) atoms. The zero-order valence-electron chi connectivity index (χ0n) is 12.0. The molecule has 0 saturated carbocycles. The van der Waals surface area contributed by atoms with Gasteiger partial charge in [-0.05, 0) is 17.5 Å². The first-order chi connectivity index (χ1) is 9.92. The van der Waals surface area contributed by atoms with E-state index in [0.29, 0.717) is 6.61 Å². The molecule has 0 saturated heterocycles. The van der Waals surface area contributed by atoms with Crippen molar-refractivity contribution in [3.63, 3.8) is 0 Å². The molecule has 0 aromatic heterocycles. The number of hydrogen-bond acceptors (Lipinski definition) is 2. The van der Waals surface area contributed by atoms with E-state index in [1.54, 1.807) is 0 Å². The lowest BCUT2D eigenvalue weighted by atomic mass is 10.0. The second-order valence-electron chi connectivity index (χ2n) is 4.83. The number of benzene rings is 2. The first-order valence-corrected chi connectivity index (χ1v) is 7.30. The molecular weight excluding hydrogens is 248 g/mol. The molecule has 0 unspecified atom stereocenters. The summed E-state index contributed by atoms with van der Waals surface area (Å²) in [5, 5.41) is 0.